The number of nitrogens with zero attached hydrogens (tertiary/aromatic N) is 5. The van der Waals surface area contributed by atoms with Crippen LogP contribution in [0.1, 0.15) is 44.9 Å². The summed E-state index contributed by atoms with van der Waals surface area (Å²) in [5, 5.41) is 4.19. The molecule has 2 amide bonds. The zero-order valence-corrected chi connectivity index (χ0v) is 16.9. The van der Waals surface area contributed by atoms with Crippen molar-refractivity contribution in [3.63, 3.8) is 0 Å². The molecule has 3 fully saturated rings. The van der Waals surface area contributed by atoms with E-state index < -0.39 is 0 Å². The van der Waals surface area contributed by atoms with Crippen molar-refractivity contribution in [2.75, 3.05) is 45.8 Å². The number of aromatic nitrogens is 2. The minimum absolute atomic E-state index is 0.170. The molecule has 0 radical (unpaired) electrons. The van der Waals surface area contributed by atoms with Gasteiger partial charge in [0.05, 0.1) is 6.54 Å². The maximum absolute atomic E-state index is 12.8. The second-order valence-electron chi connectivity index (χ2n) is 8.84. The van der Waals surface area contributed by atoms with Crippen LogP contribution in [-0.4, -0.2) is 82.1 Å². The van der Waals surface area contributed by atoms with E-state index >= 15 is 0 Å². The highest BCUT2D eigenvalue weighted by atomic mass is 16.2. The van der Waals surface area contributed by atoms with Gasteiger partial charge in [-0.3, -0.25) is 19.2 Å². The van der Waals surface area contributed by atoms with Crippen molar-refractivity contribution in [2.24, 2.45) is 5.41 Å². The normalized spacial score (nSPS) is 26.1. The van der Waals surface area contributed by atoms with E-state index in [1.54, 1.807) is 6.20 Å². The molecule has 3 saturated heterocycles. The lowest BCUT2D eigenvalue weighted by Crippen LogP contribution is -2.55. The Labute approximate surface area is 167 Å². The minimum Gasteiger partial charge on any atom is -0.342 e. The Hall–Kier alpha value is -1.89. The van der Waals surface area contributed by atoms with Gasteiger partial charge in [-0.05, 0) is 51.1 Å². The summed E-state index contributed by atoms with van der Waals surface area (Å²) in [6, 6.07) is 1.89. The van der Waals surface area contributed by atoms with Gasteiger partial charge in [0.25, 0.3) is 0 Å². The molecule has 1 atom stereocenters. The summed E-state index contributed by atoms with van der Waals surface area (Å²) in [6.07, 6.45) is 11.0. The van der Waals surface area contributed by atoms with Gasteiger partial charge in [0.2, 0.25) is 11.8 Å². The Morgan fingerprint density at radius 2 is 1.64 bits per heavy atom. The highest BCUT2D eigenvalue weighted by Gasteiger charge is 2.40. The van der Waals surface area contributed by atoms with Crippen LogP contribution in [0.5, 0.6) is 0 Å². The van der Waals surface area contributed by atoms with Crippen LogP contribution in [0.3, 0.4) is 0 Å². The Balaban J connectivity index is 1.31. The molecule has 1 aromatic rings. The molecular weight excluding hydrogens is 354 g/mol. The molecule has 0 N–H and O–H groups in total. The summed E-state index contributed by atoms with van der Waals surface area (Å²) < 4.78 is 1.82. The van der Waals surface area contributed by atoms with E-state index in [0.717, 1.165) is 65.0 Å². The van der Waals surface area contributed by atoms with Crippen LogP contribution in [0.4, 0.5) is 0 Å². The number of hydrogen-bond acceptors (Lipinski definition) is 4. The van der Waals surface area contributed by atoms with Gasteiger partial charge in [-0.2, -0.15) is 5.10 Å². The van der Waals surface area contributed by atoms with Crippen LogP contribution in [-0.2, 0) is 16.1 Å². The van der Waals surface area contributed by atoms with Crippen LogP contribution in [0.15, 0.2) is 18.5 Å². The number of likely N-dealkylation sites (tertiary alicyclic amines) is 3. The second kappa shape index (κ2) is 8.64. The fourth-order valence-corrected chi connectivity index (χ4v) is 5.26. The molecule has 3 aliphatic rings. The van der Waals surface area contributed by atoms with Crippen molar-refractivity contribution in [1.29, 1.82) is 0 Å². The van der Waals surface area contributed by atoms with Gasteiger partial charge < -0.3 is 9.80 Å². The van der Waals surface area contributed by atoms with Gasteiger partial charge in [0.1, 0.15) is 0 Å². The number of carbonyl (C=O) groups is 2. The summed E-state index contributed by atoms with van der Waals surface area (Å²) in [4.78, 5) is 31.8. The van der Waals surface area contributed by atoms with E-state index in [4.69, 9.17) is 0 Å². The smallest absolute Gasteiger partial charge is 0.236 e. The van der Waals surface area contributed by atoms with E-state index in [1.807, 2.05) is 21.8 Å². The average Bonchev–Trinajstić information content (AvgIpc) is 3.40. The first-order valence-electron chi connectivity index (χ1n) is 10.9. The van der Waals surface area contributed by atoms with Crippen molar-refractivity contribution in [3.05, 3.63) is 18.5 Å². The highest BCUT2D eigenvalue weighted by molar-refractivity contribution is 5.78. The predicted molar refractivity (Wildman–Crippen MR) is 107 cm³/mol. The van der Waals surface area contributed by atoms with Gasteiger partial charge in [0, 0.05) is 63.5 Å². The lowest BCUT2D eigenvalue weighted by Gasteiger charge is -2.48. The fourth-order valence-electron chi connectivity index (χ4n) is 5.26. The SMILES string of the molecule is O=C(CN1CCCC2(CCCN(C(=O)CCn3cccn3)C2)C1)N1CCCC1. The third-order valence-electron chi connectivity index (χ3n) is 6.69. The summed E-state index contributed by atoms with van der Waals surface area (Å²) in [5.41, 5.74) is 0.170. The van der Waals surface area contributed by atoms with Crippen molar-refractivity contribution in [1.82, 2.24) is 24.5 Å². The first-order chi connectivity index (χ1) is 13.6. The number of amides is 2. The topological polar surface area (TPSA) is 61.7 Å². The Morgan fingerprint density at radius 1 is 0.893 bits per heavy atom. The Bertz CT molecular complexity index is 666. The molecule has 3 aliphatic heterocycles. The van der Waals surface area contributed by atoms with Crippen LogP contribution in [0, 0.1) is 5.41 Å². The third-order valence-corrected chi connectivity index (χ3v) is 6.69. The monoisotopic (exact) mass is 387 g/mol. The van der Waals surface area contributed by atoms with Crippen molar-refractivity contribution < 1.29 is 9.59 Å². The first-order valence-corrected chi connectivity index (χ1v) is 10.9. The van der Waals surface area contributed by atoms with E-state index in [-0.39, 0.29) is 17.2 Å². The zero-order chi connectivity index (χ0) is 19.4. The van der Waals surface area contributed by atoms with Crippen LogP contribution in [0.25, 0.3) is 0 Å². The van der Waals surface area contributed by atoms with E-state index in [1.165, 1.54) is 12.8 Å². The number of piperidine rings is 2. The summed E-state index contributed by atoms with van der Waals surface area (Å²) in [5.74, 6) is 0.525. The number of carbonyl (C=O) groups excluding carboxylic acids is 2. The summed E-state index contributed by atoms with van der Waals surface area (Å²) in [6.45, 7) is 6.73. The maximum atomic E-state index is 12.8. The number of hydrogen-bond donors (Lipinski definition) is 0. The molecule has 1 spiro atoms. The van der Waals surface area contributed by atoms with Crippen LogP contribution >= 0.6 is 0 Å². The van der Waals surface area contributed by atoms with Crippen LogP contribution < -0.4 is 0 Å². The van der Waals surface area contributed by atoms with E-state index in [9.17, 15) is 9.59 Å². The molecular formula is C21H33N5O2. The molecule has 1 aromatic heterocycles. The largest absolute Gasteiger partial charge is 0.342 e. The predicted octanol–water partition coefficient (Wildman–Crippen LogP) is 1.60. The quantitative estimate of drug-likeness (QED) is 0.770. The standard InChI is InChI=1S/C21H33N5O2/c27-19(6-15-26-14-5-9-22-26)25-13-4-8-21(18-25)7-3-10-23(17-21)16-20(28)24-11-1-2-12-24/h5,9,14H,1-4,6-8,10-13,15-18H2. The van der Waals surface area contributed by atoms with Gasteiger partial charge in [-0.15, -0.1) is 0 Å². The number of aryl methyl sites for hydroxylation is 1. The third kappa shape index (κ3) is 4.57. The van der Waals surface area contributed by atoms with Gasteiger partial charge in [-0.1, -0.05) is 0 Å². The van der Waals surface area contributed by atoms with Crippen LogP contribution in [0.2, 0.25) is 0 Å². The Morgan fingerprint density at radius 3 is 2.39 bits per heavy atom. The number of rotatable bonds is 5. The van der Waals surface area contributed by atoms with Crippen molar-refractivity contribution in [2.45, 2.75) is 51.5 Å². The molecule has 154 valence electrons. The highest BCUT2D eigenvalue weighted by Crippen LogP contribution is 2.38. The van der Waals surface area contributed by atoms with E-state index in [0.29, 0.717) is 19.5 Å². The lowest BCUT2D eigenvalue weighted by molar-refractivity contribution is -0.138. The molecule has 7 heteroatoms. The van der Waals surface area contributed by atoms with E-state index in [2.05, 4.69) is 14.9 Å². The molecule has 7 nitrogen and oxygen atoms in total. The molecule has 0 aromatic carbocycles. The van der Waals surface area contributed by atoms with Gasteiger partial charge >= 0.3 is 0 Å². The maximum Gasteiger partial charge on any atom is 0.236 e. The first kappa shape index (κ1) is 19.4. The molecule has 1 unspecified atom stereocenters. The second-order valence-corrected chi connectivity index (χ2v) is 8.84. The fraction of sp³-hybridized carbons (Fsp3) is 0.762. The van der Waals surface area contributed by atoms with Crippen molar-refractivity contribution >= 4 is 11.8 Å². The molecule has 0 bridgehead atoms. The summed E-state index contributed by atoms with van der Waals surface area (Å²) in [7, 11) is 0. The molecule has 28 heavy (non-hydrogen) atoms. The Kier molecular flexibility index (Phi) is 5.99. The molecule has 0 saturated carbocycles. The molecule has 4 heterocycles. The van der Waals surface area contributed by atoms with Gasteiger partial charge in [-0.25, -0.2) is 0 Å². The molecule has 4 rings (SSSR count). The van der Waals surface area contributed by atoms with Crippen molar-refractivity contribution in [3.8, 4) is 0 Å². The molecule has 0 aliphatic carbocycles. The minimum atomic E-state index is 0.170. The van der Waals surface area contributed by atoms with Gasteiger partial charge in [0.15, 0.2) is 0 Å². The summed E-state index contributed by atoms with van der Waals surface area (Å²) >= 11 is 0. The zero-order valence-electron chi connectivity index (χ0n) is 16.9. The lowest BCUT2D eigenvalue weighted by atomic mass is 9.73. The average molecular weight is 388 g/mol.